The number of carbonyl (C=O) groups excluding carboxylic acids is 3. The summed E-state index contributed by atoms with van der Waals surface area (Å²) in [5.41, 5.74) is 3.20. The summed E-state index contributed by atoms with van der Waals surface area (Å²) in [6.45, 7) is 11.0. The molecule has 8 heteroatoms. The number of nitrogens with zero attached hydrogens (tertiary/aromatic N) is 4. The Morgan fingerprint density at radius 1 is 1.07 bits per heavy atom. The van der Waals surface area contributed by atoms with Crippen LogP contribution in [0.5, 0.6) is 0 Å². The first-order valence-electron chi connectivity index (χ1n) is 10.1. The summed E-state index contributed by atoms with van der Waals surface area (Å²) < 4.78 is 1.03. The fraction of sp³-hybridized carbons (Fsp3) is 0.524. The quantitative estimate of drug-likeness (QED) is 0.619. The lowest BCUT2D eigenvalue weighted by Gasteiger charge is -2.26. The summed E-state index contributed by atoms with van der Waals surface area (Å²) >= 11 is 1.47. The lowest BCUT2D eigenvalue weighted by Crippen LogP contribution is -2.45. The van der Waals surface area contributed by atoms with Gasteiger partial charge in [0.25, 0.3) is 0 Å². The SMILES string of the molecule is CCN(CC)CCN(C(=O)CN1C(=O)CCC1=O)c1nc2cc(C)c(C)cc2s1. The molecule has 2 aromatic rings. The number of thiazole rings is 1. The number of likely N-dealkylation sites (N-methyl/N-ethyl adjacent to an activating group) is 1. The number of imide groups is 1. The van der Waals surface area contributed by atoms with Gasteiger partial charge in [-0.15, -0.1) is 0 Å². The maximum absolute atomic E-state index is 13.1. The summed E-state index contributed by atoms with van der Waals surface area (Å²) in [6, 6.07) is 4.12. The average Bonchev–Trinajstić information content (AvgIpc) is 3.23. The largest absolute Gasteiger partial charge is 0.302 e. The van der Waals surface area contributed by atoms with Gasteiger partial charge in [0.15, 0.2) is 5.13 Å². The minimum Gasteiger partial charge on any atom is -0.302 e. The molecule has 2 heterocycles. The number of carbonyl (C=O) groups is 3. The van der Waals surface area contributed by atoms with Crippen LogP contribution in [0, 0.1) is 13.8 Å². The van der Waals surface area contributed by atoms with Gasteiger partial charge in [0.05, 0.1) is 10.2 Å². The van der Waals surface area contributed by atoms with Crippen LogP contribution in [-0.2, 0) is 14.4 Å². The van der Waals surface area contributed by atoms with Crippen molar-refractivity contribution in [2.24, 2.45) is 0 Å². The highest BCUT2D eigenvalue weighted by molar-refractivity contribution is 7.22. The molecule has 3 amide bonds. The number of hydrogen-bond donors (Lipinski definition) is 0. The molecule has 3 rings (SSSR count). The van der Waals surface area contributed by atoms with Crippen LogP contribution in [-0.4, -0.2) is 65.2 Å². The Morgan fingerprint density at radius 3 is 2.31 bits per heavy atom. The van der Waals surface area contributed by atoms with Gasteiger partial charge >= 0.3 is 0 Å². The standard InChI is InChI=1S/C21H28N4O3S/c1-5-23(6-2)9-10-24(20(28)13-25-18(26)7-8-19(25)27)21-22-16-11-14(3)15(4)12-17(16)29-21/h11-12H,5-10,13H2,1-4H3. The third-order valence-electron chi connectivity index (χ3n) is 5.51. The Morgan fingerprint density at radius 2 is 1.69 bits per heavy atom. The van der Waals surface area contributed by atoms with Crippen LogP contribution in [0.15, 0.2) is 12.1 Å². The number of likely N-dealkylation sites (tertiary alicyclic amines) is 1. The van der Waals surface area contributed by atoms with Crippen molar-refractivity contribution in [2.45, 2.75) is 40.5 Å². The van der Waals surface area contributed by atoms with Crippen LogP contribution >= 0.6 is 11.3 Å². The molecule has 156 valence electrons. The van der Waals surface area contributed by atoms with Gasteiger partial charge in [-0.25, -0.2) is 4.98 Å². The number of amides is 3. The van der Waals surface area contributed by atoms with E-state index >= 15 is 0 Å². The minimum atomic E-state index is -0.275. The van der Waals surface area contributed by atoms with E-state index in [1.54, 1.807) is 4.90 Å². The molecule has 0 spiro atoms. The molecule has 1 aromatic carbocycles. The van der Waals surface area contributed by atoms with Gasteiger partial charge in [-0.3, -0.25) is 24.2 Å². The number of rotatable bonds is 8. The molecule has 0 saturated carbocycles. The molecule has 1 aliphatic rings. The lowest BCUT2D eigenvalue weighted by molar-refractivity contribution is -0.141. The second kappa shape index (κ2) is 9.00. The van der Waals surface area contributed by atoms with E-state index in [0.717, 1.165) is 33.8 Å². The van der Waals surface area contributed by atoms with E-state index in [2.05, 4.69) is 31.7 Å². The van der Waals surface area contributed by atoms with Gasteiger partial charge in [-0.2, -0.15) is 0 Å². The van der Waals surface area contributed by atoms with Crippen molar-refractivity contribution in [3.8, 4) is 0 Å². The predicted octanol–water partition coefficient (Wildman–Crippen LogP) is 2.74. The summed E-state index contributed by atoms with van der Waals surface area (Å²) in [7, 11) is 0. The smallest absolute Gasteiger partial charge is 0.248 e. The summed E-state index contributed by atoms with van der Waals surface area (Å²) in [4.78, 5) is 46.7. The van der Waals surface area contributed by atoms with Crippen LogP contribution in [0.2, 0.25) is 0 Å². The van der Waals surface area contributed by atoms with Crippen molar-refractivity contribution in [1.29, 1.82) is 0 Å². The van der Waals surface area contributed by atoms with Gasteiger partial charge < -0.3 is 4.90 Å². The molecule has 1 saturated heterocycles. The molecule has 0 N–H and O–H groups in total. The number of aryl methyl sites for hydroxylation is 2. The third-order valence-corrected chi connectivity index (χ3v) is 6.55. The molecule has 0 atom stereocenters. The van der Waals surface area contributed by atoms with Gasteiger partial charge in [0.2, 0.25) is 17.7 Å². The highest BCUT2D eigenvalue weighted by atomic mass is 32.1. The first-order valence-corrected chi connectivity index (χ1v) is 10.9. The van der Waals surface area contributed by atoms with Gasteiger partial charge in [-0.05, 0) is 50.2 Å². The van der Waals surface area contributed by atoms with E-state index in [0.29, 0.717) is 18.2 Å². The molecule has 0 aliphatic carbocycles. The Hall–Kier alpha value is -2.32. The van der Waals surface area contributed by atoms with Crippen LogP contribution in [0.1, 0.15) is 37.8 Å². The molecule has 0 radical (unpaired) electrons. The monoisotopic (exact) mass is 416 g/mol. The number of fused-ring (bicyclic) bond motifs is 1. The second-order valence-corrected chi connectivity index (χ2v) is 8.36. The predicted molar refractivity (Wildman–Crippen MR) is 115 cm³/mol. The van der Waals surface area contributed by atoms with Crippen molar-refractivity contribution in [3.05, 3.63) is 23.3 Å². The molecular formula is C21H28N4O3S. The highest BCUT2D eigenvalue weighted by Gasteiger charge is 2.32. The van der Waals surface area contributed by atoms with E-state index in [-0.39, 0.29) is 37.1 Å². The van der Waals surface area contributed by atoms with Gasteiger partial charge in [0, 0.05) is 25.9 Å². The molecular weight excluding hydrogens is 388 g/mol. The molecule has 1 fully saturated rings. The average molecular weight is 417 g/mol. The third kappa shape index (κ3) is 4.64. The topological polar surface area (TPSA) is 73.8 Å². The number of benzene rings is 1. The second-order valence-electron chi connectivity index (χ2n) is 7.35. The van der Waals surface area contributed by atoms with Crippen LogP contribution in [0.4, 0.5) is 5.13 Å². The fourth-order valence-corrected chi connectivity index (χ4v) is 4.50. The van der Waals surface area contributed by atoms with E-state index in [4.69, 9.17) is 4.98 Å². The molecule has 0 bridgehead atoms. The minimum absolute atomic E-state index is 0.186. The zero-order valence-corrected chi connectivity index (χ0v) is 18.3. The molecule has 1 aliphatic heterocycles. The molecule has 1 aromatic heterocycles. The van der Waals surface area contributed by atoms with Gasteiger partial charge in [0.1, 0.15) is 6.54 Å². The highest BCUT2D eigenvalue weighted by Crippen LogP contribution is 2.31. The van der Waals surface area contributed by atoms with Crippen LogP contribution in [0.25, 0.3) is 10.2 Å². The Labute approximate surface area is 175 Å². The van der Waals surface area contributed by atoms with Crippen molar-refractivity contribution in [2.75, 3.05) is 37.6 Å². The Balaban J connectivity index is 1.88. The first-order chi connectivity index (χ1) is 13.8. The fourth-order valence-electron chi connectivity index (χ4n) is 3.41. The number of aromatic nitrogens is 1. The summed E-state index contributed by atoms with van der Waals surface area (Å²) in [5.74, 6) is -0.821. The van der Waals surface area contributed by atoms with E-state index in [1.807, 2.05) is 13.0 Å². The van der Waals surface area contributed by atoms with Crippen molar-refractivity contribution < 1.29 is 14.4 Å². The van der Waals surface area contributed by atoms with E-state index < -0.39 is 0 Å². The van der Waals surface area contributed by atoms with Crippen LogP contribution < -0.4 is 4.90 Å². The zero-order valence-electron chi connectivity index (χ0n) is 17.5. The van der Waals surface area contributed by atoms with Crippen molar-refractivity contribution in [3.63, 3.8) is 0 Å². The van der Waals surface area contributed by atoms with Crippen LogP contribution in [0.3, 0.4) is 0 Å². The lowest BCUT2D eigenvalue weighted by atomic mass is 10.1. The normalized spacial score (nSPS) is 14.4. The first kappa shape index (κ1) is 21.4. The summed E-state index contributed by atoms with van der Waals surface area (Å²) in [6.07, 6.45) is 0.372. The molecule has 7 nitrogen and oxygen atoms in total. The van der Waals surface area contributed by atoms with Gasteiger partial charge in [-0.1, -0.05) is 25.2 Å². The maximum Gasteiger partial charge on any atom is 0.248 e. The van der Waals surface area contributed by atoms with Crippen molar-refractivity contribution in [1.82, 2.24) is 14.8 Å². The number of anilines is 1. The zero-order chi connectivity index (χ0) is 21.1. The maximum atomic E-state index is 13.1. The molecule has 29 heavy (non-hydrogen) atoms. The summed E-state index contributed by atoms with van der Waals surface area (Å²) in [5, 5.41) is 0.612. The number of hydrogen-bond acceptors (Lipinski definition) is 6. The molecule has 0 unspecified atom stereocenters. The Bertz CT molecular complexity index is 880. The Kier molecular flexibility index (Phi) is 6.64. The van der Waals surface area contributed by atoms with E-state index in [1.165, 1.54) is 16.9 Å². The van der Waals surface area contributed by atoms with Crippen molar-refractivity contribution >= 4 is 44.4 Å². The van der Waals surface area contributed by atoms with E-state index in [9.17, 15) is 14.4 Å².